The van der Waals surface area contributed by atoms with Gasteiger partial charge in [-0.25, -0.2) is 14.4 Å². The predicted octanol–water partition coefficient (Wildman–Crippen LogP) is 3.54. The number of nitrogens with zero attached hydrogens (tertiary/aromatic N) is 5. The first kappa shape index (κ1) is 22.2. The molecule has 162 valence electrons. The van der Waals surface area contributed by atoms with Crippen LogP contribution in [0.4, 0.5) is 21.2 Å². The zero-order valence-corrected chi connectivity index (χ0v) is 18.2. The lowest BCUT2D eigenvalue weighted by Gasteiger charge is -2.29. The van der Waals surface area contributed by atoms with Crippen molar-refractivity contribution in [3.05, 3.63) is 41.4 Å². The van der Waals surface area contributed by atoms with E-state index in [4.69, 9.17) is 11.0 Å². The van der Waals surface area contributed by atoms with Crippen molar-refractivity contribution < 1.29 is 9.18 Å². The fourth-order valence-corrected chi connectivity index (χ4v) is 3.86. The Hall–Kier alpha value is -3.45. The lowest BCUT2D eigenvalue weighted by molar-refractivity contribution is -0.111. The maximum Gasteiger partial charge on any atom is 0.247 e. The van der Waals surface area contributed by atoms with E-state index in [1.54, 1.807) is 0 Å². The number of carbonyl (C=O) groups is 1. The van der Waals surface area contributed by atoms with Gasteiger partial charge in [0.25, 0.3) is 0 Å². The number of hydrogen-bond acceptors (Lipinski definition) is 7. The minimum Gasteiger partial charge on any atom is -0.375 e. The van der Waals surface area contributed by atoms with Crippen molar-refractivity contribution in [3.8, 4) is 6.07 Å². The highest BCUT2D eigenvalue weighted by atomic mass is 32.1. The smallest absolute Gasteiger partial charge is 0.247 e. The highest BCUT2D eigenvalue weighted by molar-refractivity contribution is 7.15. The van der Waals surface area contributed by atoms with Gasteiger partial charge >= 0.3 is 0 Å². The molecule has 0 saturated carbocycles. The molecule has 1 atom stereocenters. The summed E-state index contributed by atoms with van der Waals surface area (Å²) in [5, 5.41) is 11.4. The summed E-state index contributed by atoms with van der Waals surface area (Å²) in [6, 6.07) is 5.76. The van der Waals surface area contributed by atoms with Crippen LogP contribution in [0.25, 0.3) is 11.0 Å². The van der Waals surface area contributed by atoms with Crippen molar-refractivity contribution in [2.75, 3.05) is 29.0 Å². The quantitative estimate of drug-likeness (QED) is 0.601. The SMILES string of the molecule is C=CC(=O)Nc1cc2nc(N3CCCC(F)C3)n(C)c2cc1C.N#Cc1cnc(N)s1. The molecule has 2 aromatic heterocycles. The molecule has 4 rings (SSSR count). The first-order valence-electron chi connectivity index (χ1n) is 9.73. The second-order valence-electron chi connectivity index (χ2n) is 7.18. The highest BCUT2D eigenvalue weighted by Gasteiger charge is 2.23. The molecule has 8 nitrogen and oxygen atoms in total. The first-order valence-corrected chi connectivity index (χ1v) is 10.5. The summed E-state index contributed by atoms with van der Waals surface area (Å²) >= 11 is 1.19. The third-order valence-electron chi connectivity index (χ3n) is 4.93. The number of nitrogens with one attached hydrogen (secondary N) is 1. The number of nitriles is 1. The molecule has 3 N–H and O–H groups in total. The van der Waals surface area contributed by atoms with E-state index in [0.29, 0.717) is 28.7 Å². The van der Waals surface area contributed by atoms with Gasteiger partial charge in [-0.1, -0.05) is 17.9 Å². The Labute approximate surface area is 183 Å². The molecule has 1 fully saturated rings. The average Bonchev–Trinajstić information content (AvgIpc) is 3.32. The number of halogens is 1. The normalized spacial score (nSPS) is 15.7. The summed E-state index contributed by atoms with van der Waals surface area (Å²) in [4.78, 5) is 22.4. The van der Waals surface area contributed by atoms with Crippen molar-refractivity contribution in [3.63, 3.8) is 0 Å². The summed E-state index contributed by atoms with van der Waals surface area (Å²) < 4.78 is 15.7. The molecule has 0 bridgehead atoms. The van der Waals surface area contributed by atoms with Crippen molar-refractivity contribution in [2.45, 2.75) is 25.9 Å². The van der Waals surface area contributed by atoms with E-state index < -0.39 is 6.17 Å². The Morgan fingerprint density at radius 1 is 1.52 bits per heavy atom. The van der Waals surface area contributed by atoms with Crippen LogP contribution in [0.5, 0.6) is 0 Å². The number of rotatable bonds is 3. The van der Waals surface area contributed by atoms with Crippen LogP contribution in [0.1, 0.15) is 23.3 Å². The van der Waals surface area contributed by atoms with Crippen molar-refractivity contribution in [1.82, 2.24) is 14.5 Å². The number of anilines is 3. The number of carbonyl (C=O) groups excluding carboxylic acids is 1. The van der Waals surface area contributed by atoms with Crippen LogP contribution in [0, 0.1) is 18.3 Å². The molecule has 1 aliphatic heterocycles. The number of nitrogen functional groups attached to an aromatic ring is 1. The predicted molar refractivity (Wildman–Crippen MR) is 122 cm³/mol. The Morgan fingerprint density at radius 2 is 2.29 bits per heavy atom. The molecular weight excluding hydrogens is 417 g/mol. The standard InChI is InChI=1S/C17H21FN4O.C4H3N3S/c1-4-16(23)19-13-9-14-15(8-11(13)2)21(3)17(20-14)22-7-5-6-12(18)10-22;5-1-3-2-7-4(6)8-3/h4,8-9,12H,1,5-7,10H2,2-3H3,(H,19,23);2H,(H2,6,7). The first-order chi connectivity index (χ1) is 14.8. The summed E-state index contributed by atoms with van der Waals surface area (Å²) in [6.07, 6.45) is 3.36. The van der Waals surface area contributed by atoms with Crippen LogP contribution < -0.4 is 16.0 Å². The monoisotopic (exact) mass is 441 g/mol. The number of aromatic nitrogens is 3. The van der Waals surface area contributed by atoms with Crippen LogP contribution in [-0.4, -0.2) is 39.7 Å². The third kappa shape index (κ3) is 5.19. The Kier molecular flexibility index (Phi) is 6.87. The molecule has 3 heterocycles. The minimum atomic E-state index is -0.798. The van der Waals surface area contributed by atoms with Crippen LogP contribution in [-0.2, 0) is 11.8 Å². The van der Waals surface area contributed by atoms with Gasteiger partial charge in [-0.05, 0) is 43.5 Å². The molecule has 10 heteroatoms. The molecule has 0 radical (unpaired) electrons. The number of amides is 1. The van der Waals surface area contributed by atoms with Crippen molar-refractivity contribution >= 4 is 45.0 Å². The van der Waals surface area contributed by atoms with Gasteiger partial charge in [0.05, 0.1) is 23.8 Å². The number of fused-ring (bicyclic) bond motifs is 1. The molecular formula is C21H24FN7OS. The van der Waals surface area contributed by atoms with E-state index in [9.17, 15) is 9.18 Å². The van der Waals surface area contributed by atoms with Crippen molar-refractivity contribution in [2.24, 2.45) is 7.05 Å². The molecule has 0 spiro atoms. The van der Waals surface area contributed by atoms with E-state index in [2.05, 4.69) is 21.9 Å². The lowest BCUT2D eigenvalue weighted by atomic mass is 10.1. The van der Waals surface area contributed by atoms with Gasteiger partial charge in [0.2, 0.25) is 11.9 Å². The molecule has 3 aromatic rings. The third-order valence-corrected chi connectivity index (χ3v) is 5.66. The summed E-state index contributed by atoms with van der Waals surface area (Å²) in [5.74, 6) is 0.522. The maximum atomic E-state index is 13.7. The molecule has 1 aliphatic rings. The molecule has 31 heavy (non-hydrogen) atoms. The van der Waals surface area contributed by atoms with E-state index in [-0.39, 0.29) is 5.91 Å². The van der Waals surface area contributed by atoms with Gasteiger partial charge in [-0.3, -0.25) is 4.79 Å². The molecule has 1 amide bonds. The maximum absolute atomic E-state index is 13.7. The van der Waals surface area contributed by atoms with Crippen LogP contribution in [0.3, 0.4) is 0 Å². The topological polar surface area (TPSA) is 113 Å². The molecule has 0 aliphatic carbocycles. The molecule has 1 aromatic carbocycles. The van der Waals surface area contributed by atoms with E-state index in [1.165, 1.54) is 23.6 Å². The van der Waals surface area contributed by atoms with Gasteiger partial charge in [0.1, 0.15) is 17.1 Å². The number of benzene rings is 1. The second-order valence-corrected chi connectivity index (χ2v) is 8.24. The number of hydrogen-bond donors (Lipinski definition) is 2. The number of aryl methyl sites for hydroxylation is 2. The van der Waals surface area contributed by atoms with Gasteiger partial charge in [0.15, 0.2) is 5.13 Å². The average molecular weight is 442 g/mol. The van der Waals surface area contributed by atoms with Crippen LogP contribution in [0.15, 0.2) is 31.0 Å². The van der Waals surface area contributed by atoms with Gasteiger partial charge in [0, 0.05) is 19.3 Å². The summed E-state index contributed by atoms with van der Waals surface area (Å²) in [5.41, 5.74) is 8.63. The van der Waals surface area contributed by atoms with Crippen molar-refractivity contribution in [1.29, 1.82) is 5.26 Å². The highest BCUT2D eigenvalue weighted by Crippen LogP contribution is 2.28. The van der Waals surface area contributed by atoms with Gasteiger partial charge < -0.3 is 20.5 Å². The number of nitrogens with two attached hydrogens (primary N) is 1. The largest absolute Gasteiger partial charge is 0.375 e. The number of alkyl halides is 1. The second kappa shape index (κ2) is 9.57. The van der Waals surface area contributed by atoms with Crippen LogP contribution in [0.2, 0.25) is 0 Å². The Bertz CT molecular complexity index is 1150. The number of imidazole rings is 1. The zero-order valence-electron chi connectivity index (χ0n) is 17.4. The molecule has 1 unspecified atom stereocenters. The lowest BCUT2D eigenvalue weighted by Crippen LogP contribution is -2.37. The zero-order chi connectivity index (χ0) is 22.5. The van der Waals surface area contributed by atoms with Gasteiger partial charge in [-0.2, -0.15) is 5.26 Å². The fourth-order valence-electron chi connectivity index (χ4n) is 3.38. The number of piperidine rings is 1. The fraction of sp³-hybridized carbons (Fsp3) is 0.333. The Balaban J connectivity index is 0.000000287. The summed E-state index contributed by atoms with van der Waals surface area (Å²) in [6.45, 7) is 6.60. The van der Waals surface area contributed by atoms with Crippen LogP contribution >= 0.6 is 11.3 Å². The van der Waals surface area contributed by atoms with Gasteiger partial charge in [-0.15, -0.1) is 0 Å². The molecule has 1 saturated heterocycles. The van der Waals surface area contributed by atoms with E-state index in [0.717, 1.165) is 35.5 Å². The van der Waals surface area contributed by atoms with E-state index in [1.807, 2.05) is 41.6 Å². The number of thiazole rings is 1. The van der Waals surface area contributed by atoms with E-state index >= 15 is 0 Å². The summed E-state index contributed by atoms with van der Waals surface area (Å²) in [7, 11) is 1.94. The minimum absolute atomic E-state index is 0.250. The Morgan fingerprint density at radius 3 is 2.87 bits per heavy atom.